The molecule has 7 nitrogen and oxygen atoms in total. The maximum Gasteiger partial charge on any atom is 0.307 e. The minimum absolute atomic E-state index is 0.147. The van der Waals surface area contributed by atoms with Gasteiger partial charge in [-0.1, -0.05) is 50.1 Å². The molecular formula is C22H32N4O3. The zero-order valence-corrected chi connectivity index (χ0v) is 17.8. The van der Waals surface area contributed by atoms with Crippen LogP contribution >= 0.6 is 0 Å². The molecule has 1 aliphatic rings. The summed E-state index contributed by atoms with van der Waals surface area (Å²) in [5.74, 6) is 1.30. The van der Waals surface area contributed by atoms with E-state index in [2.05, 4.69) is 20.1 Å². The molecule has 2 heterocycles. The predicted molar refractivity (Wildman–Crippen MR) is 109 cm³/mol. The van der Waals surface area contributed by atoms with Crippen molar-refractivity contribution in [3.8, 4) is 11.5 Å². The first-order valence-corrected chi connectivity index (χ1v) is 10.7. The molecule has 1 atom stereocenters. The number of esters is 1. The van der Waals surface area contributed by atoms with Crippen LogP contribution in [0.3, 0.4) is 0 Å². The van der Waals surface area contributed by atoms with E-state index in [-0.39, 0.29) is 18.3 Å². The van der Waals surface area contributed by atoms with Gasteiger partial charge >= 0.3 is 5.97 Å². The number of carbonyl (C=O) groups is 1. The van der Waals surface area contributed by atoms with Gasteiger partial charge in [-0.2, -0.15) is 4.98 Å². The van der Waals surface area contributed by atoms with E-state index in [9.17, 15) is 4.79 Å². The first-order chi connectivity index (χ1) is 13.9. The number of aromatic nitrogens is 4. The summed E-state index contributed by atoms with van der Waals surface area (Å²) in [6.07, 6.45) is 14.8. The van der Waals surface area contributed by atoms with E-state index in [4.69, 9.17) is 9.26 Å². The third kappa shape index (κ3) is 6.91. The SMILES string of the molecule is CC(C)(C)OC(=O)CC(CCCC1CCCCC1)c1nc(-c2cnccn2)no1. The van der Waals surface area contributed by atoms with E-state index in [1.165, 1.54) is 38.5 Å². The molecule has 3 rings (SSSR count). The summed E-state index contributed by atoms with van der Waals surface area (Å²) in [4.78, 5) is 25.2. The Morgan fingerprint density at radius 1 is 1.24 bits per heavy atom. The second kappa shape index (κ2) is 9.94. The van der Waals surface area contributed by atoms with Crippen LogP contribution in [0, 0.1) is 5.92 Å². The molecule has 0 aliphatic heterocycles. The van der Waals surface area contributed by atoms with Crippen LogP contribution in [-0.2, 0) is 9.53 Å². The van der Waals surface area contributed by atoms with Gasteiger partial charge in [-0.15, -0.1) is 0 Å². The molecule has 0 N–H and O–H groups in total. The zero-order valence-electron chi connectivity index (χ0n) is 17.8. The van der Waals surface area contributed by atoms with Crippen molar-refractivity contribution in [1.82, 2.24) is 20.1 Å². The van der Waals surface area contributed by atoms with Crippen molar-refractivity contribution in [3.05, 3.63) is 24.5 Å². The summed E-state index contributed by atoms with van der Waals surface area (Å²) < 4.78 is 11.0. The van der Waals surface area contributed by atoms with Gasteiger partial charge in [0.05, 0.1) is 12.6 Å². The Hall–Kier alpha value is -2.31. The summed E-state index contributed by atoms with van der Waals surface area (Å²) in [7, 11) is 0. The topological polar surface area (TPSA) is 91.0 Å². The highest BCUT2D eigenvalue weighted by molar-refractivity contribution is 5.70. The lowest BCUT2D eigenvalue weighted by atomic mass is 9.84. The second-order valence-corrected chi connectivity index (χ2v) is 8.97. The number of ether oxygens (including phenoxy) is 1. The van der Waals surface area contributed by atoms with Crippen LogP contribution in [0.2, 0.25) is 0 Å². The van der Waals surface area contributed by atoms with Gasteiger partial charge in [0, 0.05) is 18.3 Å². The molecule has 158 valence electrons. The molecule has 0 saturated heterocycles. The molecule has 1 aliphatic carbocycles. The maximum atomic E-state index is 12.4. The molecule has 0 spiro atoms. The van der Waals surface area contributed by atoms with Crippen LogP contribution in [0.4, 0.5) is 0 Å². The standard InChI is InChI=1S/C22H32N4O3/c1-22(2,3)28-19(27)14-17(11-7-10-16-8-5-4-6-9-16)21-25-20(26-29-21)18-15-23-12-13-24-18/h12-13,15-17H,4-11,14H2,1-3H3. The summed E-state index contributed by atoms with van der Waals surface area (Å²) >= 11 is 0. The fourth-order valence-corrected chi connectivity index (χ4v) is 3.95. The smallest absolute Gasteiger partial charge is 0.307 e. The first kappa shape index (κ1) is 21.4. The van der Waals surface area contributed by atoms with Gasteiger partial charge in [0.25, 0.3) is 0 Å². The Morgan fingerprint density at radius 3 is 2.72 bits per heavy atom. The van der Waals surface area contributed by atoms with Crippen LogP contribution in [0.25, 0.3) is 11.5 Å². The molecule has 2 aromatic rings. The summed E-state index contributed by atoms with van der Waals surface area (Å²) in [6.45, 7) is 5.63. The molecule has 1 unspecified atom stereocenters. The molecule has 0 radical (unpaired) electrons. The van der Waals surface area contributed by atoms with Gasteiger partial charge in [0.2, 0.25) is 11.7 Å². The van der Waals surface area contributed by atoms with E-state index >= 15 is 0 Å². The number of rotatable bonds is 8. The van der Waals surface area contributed by atoms with Gasteiger partial charge in [-0.05, 0) is 33.1 Å². The van der Waals surface area contributed by atoms with Crippen LogP contribution in [0.1, 0.15) is 90.4 Å². The maximum absolute atomic E-state index is 12.4. The van der Waals surface area contributed by atoms with E-state index in [1.807, 2.05) is 20.8 Å². The monoisotopic (exact) mass is 400 g/mol. The van der Waals surface area contributed by atoms with Crippen molar-refractivity contribution in [3.63, 3.8) is 0 Å². The van der Waals surface area contributed by atoms with E-state index in [0.717, 1.165) is 18.8 Å². The highest BCUT2D eigenvalue weighted by atomic mass is 16.6. The fraction of sp³-hybridized carbons (Fsp3) is 0.682. The van der Waals surface area contributed by atoms with Crippen LogP contribution in [0.15, 0.2) is 23.1 Å². The Kier molecular flexibility index (Phi) is 7.34. The molecule has 0 bridgehead atoms. The number of hydrogen-bond donors (Lipinski definition) is 0. The Morgan fingerprint density at radius 2 is 2.03 bits per heavy atom. The van der Waals surface area contributed by atoms with Crippen molar-refractivity contribution in [2.24, 2.45) is 5.92 Å². The lowest BCUT2D eigenvalue weighted by molar-refractivity contribution is -0.155. The Balaban J connectivity index is 1.66. The fourth-order valence-electron chi connectivity index (χ4n) is 3.95. The van der Waals surface area contributed by atoms with Crippen molar-refractivity contribution in [2.75, 3.05) is 0 Å². The predicted octanol–water partition coefficient (Wildman–Crippen LogP) is 5.09. The number of nitrogens with zero attached hydrogens (tertiary/aromatic N) is 4. The van der Waals surface area contributed by atoms with E-state index in [1.54, 1.807) is 18.6 Å². The third-order valence-electron chi connectivity index (χ3n) is 5.31. The van der Waals surface area contributed by atoms with Gasteiger partial charge in [0.15, 0.2) is 0 Å². The molecule has 2 aromatic heterocycles. The van der Waals surface area contributed by atoms with Crippen molar-refractivity contribution >= 4 is 5.97 Å². The highest BCUT2D eigenvalue weighted by Crippen LogP contribution is 2.32. The van der Waals surface area contributed by atoms with Crippen LogP contribution < -0.4 is 0 Å². The average Bonchev–Trinajstić information content (AvgIpc) is 3.17. The number of hydrogen-bond acceptors (Lipinski definition) is 7. The van der Waals surface area contributed by atoms with Gasteiger partial charge < -0.3 is 9.26 Å². The molecule has 0 aromatic carbocycles. The van der Waals surface area contributed by atoms with Crippen LogP contribution in [-0.4, -0.2) is 31.7 Å². The number of carbonyl (C=O) groups excluding carboxylic acids is 1. The zero-order chi connectivity index (χ0) is 20.7. The second-order valence-electron chi connectivity index (χ2n) is 8.97. The minimum Gasteiger partial charge on any atom is -0.460 e. The summed E-state index contributed by atoms with van der Waals surface area (Å²) in [6, 6.07) is 0. The summed E-state index contributed by atoms with van der Waals surface area (Å²) in [5.41, 5.74) is 0.0457. The molecule has 1 fully saturated rings. The van der Waals surface area contributed by atoms with Gasteiger partial charge in [-0.3, -0.25) is 9.78 Å². The summed E-state index contributed by atoms with van der Waals surface area (Å²) in [5, 5.41) is 4.05. The lowest BCUT2D eigenvalue weighted by Crippen LogP contribution is -2.25. The van der Waals surface area contributed by atoms with Crippen molar-refractivity contribution < 1.29 is 14.1 Å². The van der Waals surface area contributed by atoms with E-state index in [0.29, 0.717) is 17.4 Å². The van der Waals surface area contributed by atoms with Crippen molar-refractivity contribution in [2.45, 2.75) is 90.1 Å². The van der Waals surface area contributed by atoms with Gasteiger partial charge in [-0.25, -0.2) is 4.98 Å². The Bertz CT molecular complexity index is 764. The van der Waals surface area contributed by atoms with E-state index < -0.39 is 5.60 Å². The first-order valence-electron chi connectivity index (χ1n) is 10.7. The van der Waals surface area contributed by atoms with Crippen molar-refractivity contribution in [1.29, 1.82) is 0 Å². The van der Waals surface area contributed by atoms with Gasteiger partial charge in [0.1, 0.15) is 11.3 Å². The molecular weight excluding hydrogens is 368 g/mol. The minimum atomic E-state index is -0.511. The quantitative estimate of drug-likeness (QED) is 0.570. The molecule has 1 saturated carbocycles. The normalized spacial score (nSPS) is 16.5. The molecule has 0 amide bonds. The third-order valence-corrected chi connectivity index (χ3v) is 5.31. The highest BCUT2D eigenvalue weighted by Gasteiger charge is 2.26. The van der Waals surface area contributed by atoms with Crippen LogP contribution in [0.5, 0.6) is 0 Å². The molecule has 7 heteroatoms. The lowest BCUT2D eigenvalue weighted by Gasteiger charge is -2.23. The largest absolute Gasteiger partial charge is 0.460 e. The molecule has 29 heavy (non-hydrogen) atoms. The average molecular weight is 401 g/mol. The Labute approximate surface area is 172 Å².